The van der Waals surface area contributed by atoms with E-state index in [0.29, 0.717) is 16.7 Å². The monoisotopic (exact) mass is 258 g/mol. The molecule has 0 atom stereocenters. The number of para-hydroxylation sites is 1. The highest BCUT2D eigenvalue weighted by molar-refractivity contribution is 6.30. The Balaban J connectivity index is 2.20. The first kappa shape index (κ1) is 11.2. The second-order valence-electron chi connectivity index (χ2n) is 4.20. The first-order valence-electron chi connectivity index (χ1n) is 5.65. The molecule has 0 spiro atoms. The molecule has 2 heterocycles. The van der Waals surface area contributed by atoms with Gasteiger partial charge in [-0.25, -0.2) is 9.97 Å². The lowest BCUT2D eigenvalue weighted by molar-refractivity contribution is 0.624. The number of halogens is 1. The third-order valence-electron chi connectivity index (χ3n) is 2.98. The van der Waals surface area contributed by atoms with E-state index in [9.17, 15) is 0 Å². The molecular weight excluding hydrogens is 248 g/mol. The van der Waals surface area contributed by atoms with Crippen molar-refractivity contribution in [3.8, 4) is 11.6 Å². The summed E-state index contributed by atoms with van der Waals surface area (Å²) < 4.78 is 5.72. The lowest BCUT2D eigenvalue weighted by atomic mass is 10.2. The Bertz CT molecular complexity index is 677. The normalized spacial score (nSPS) is 11.1. The third kappa shape index (κ3) is 1.77. The van der Waals surface area contributed by atoms with Gasteiger partial charge in [0.1, 0.15) is 10.7 Å². The van der Waals surface area contributed by atoms with Gasteiger partial charge < -0.3 is 4.42 Å². The molecule has 3 nitrogen and oxygen atoms in total. The highest BCUT2D eigenvalue weighted by atomic mass is 35.5. The molecule has 0 saturated heterocycles. The average Bonchev–Trinajstić information content (AvgIpc) is 2.79. The molecule has 0 saturated carbocycles. The predicted octanol–water partition coefficient (Wildman–Crippen LogP) is 4.16. The maximum Gasteiger partial charge on any atom is 0.197 e. The Kier molecular flexibility index (Phi) is 2.56. The minimum Gasteiger partial charge on any atom is -0.453 e. The van der Waals surface area contributed by atoms with Crippen LogP contribution in [0.1, 0.15) is 11.3 Å². The van der Waals surface area contributed by atoms with Crippen molar-refractivity contribution in [2.75, 3.05) is 0 Å². The molecule has 1 aromatic carbocycles. The lowest BCUT2D eigenvalue weighted by Crippen LogP contribution is -1.95. The van der Waals surface area contributed by atoms with Crippen LogP contribution in [0.25, 0.3) is 22.6 Å². The summed E-state index contributed by atoms with van der Waals surface area (Å²) in [6.07, 6.45) is 0. The van der Waals surface area contributed by atoms with Crippen LogP contribution in [0, 0.1) is 13.8 Å². The maximum absolute atomic E-state index is 6.07. The van der Waals surface area contributed by atoms with Crippen LogP contribution in [-0.2, 0) is 0 Å². The fourth-order valence-corrected chi connectivity index (χ4v) is 2.01. The molecule has 0 unspecified atom stereocenters. The van der Waals surface area contributed by atoms with Crippen molar-refractivity contribution in [3.63, 3.8) is 0 Å². The highest BCUT2D eigenvalue weighted by Crippen LogP contribution is 2.27. The molecule has 0 fully saturated rings. The summed E-state index contributed by atoms with van der Waals surface area (Å²) in [5, 5.41) is 1.50. The van der Waals surface area contributed by atoms with Crippen LogP contribution in [0.4, 0.5) is 0 Å². The summed E-state index contributed by atoms with van der Waals surface area (Å²) in [5.74, 6) is 1.17. The number of hydrogen-bond donors (Lipinski definition) is 0. The molecule has 90 valence electrons. The van der Waals surface area contributed by atoms with Gasteiger partial charge >= 0.3 is 0 Å². The van der Waals surface area contributed by atoms with Crippen molar-refractivity contribution in [2.24, 2.45) is 0 Å². The second-order valence-corrected chi connectivity index (χ2v) is 4.55. The van der Waals surface area contributed by atoms with Gasteiger partial charge in [-0.05, 0) is 26.0 Å². The Morgan fingerprint density at radius 2 is 1.89 bits per heavy atom. The number of hydrogen-bond acceptors (Lipinski definition) is 3. The number of furan rings is 1. The molecule has 0 N–H and O–H groups in total. The minimum atomic E-state index is 0.470. The summed E-state index contributed by atoms with van der Waals surface area (Å²) in [4.78, 5) is 8.67. The van der Waals surface area contributed by atoms with Crippen LogP contribution >= 0.6 is 11.6 Å². The van der Waals surface area contributed by atoms with Crippen LogP contribution in [0.15, 0.2) is 34.7 Å². The summed E-state index contributed by atoms with van der Waals surface area (Å²) >= 11 is 6.07. The van der Waals surface area contributed by atoms with Crippen LogP contribution in [0.5, 0.6) is 0 Å². The number of fused-ring (bicyclic) bond motifs is 1. The molecule has 0 radical (unpaired) electrons. The van der Waals surface area contributed by atoms with E-state index in [-0.39, 0.29) is 0 Å². The molecule has 0 aliphatic carbocycles. The molecule has 3 aromatic rings. The largest absolute Gasteiger partial charge is 0.453 e. The van der Waals surface area contributed by atoms with Crippen molar-refractivity contribution < 1.29 is 4.42 Å². The maximum atomic E-state index is 6.07. The quantitative estimate of drug-likeness (QED) is 0.615. The van der Waals surface area contributed by atoms with E-state index in [2.05, 4.69) is 9.97 Å². The fraction of sp³-hybridized carbons (Fsp3) is 0.143. The number of rotatable bonds is 1. The van der Waals surface area contributed by atoms with Gasteiger partial charge in [-0.3, -0.25) is 0 Å². The average molecular weight is 259 g/mol. The molecule has 3 rings (SSSR count). The number of aryl methyl sites for hydroxylation is 1. The van der Waals surface area contributed by atoms with Crippen molar-refractivity contribution >= 4 is 22.6 Å². The van der Waals surface area contributed by atoms with Gasteiger partial charge in [0.25, 0.3) is 0 Å². The van der Waals surface area contributed by atoms with Gasteiger partial charge in [-0.2, -0.15) is 0 Å². The van der Waals surface area contributed by atoms with E-state index in [1.165, 1.54) is 0 Å². The molecule has 0 bridgehead atoms. The fourth-order valence-electron chi connectivity index (χ4n) is 1.80. The van der Waals surface area contributed by atoms with Crippen LogP contribution in [0.2, 0.25) is 5.15 Å². The van der Waals surface area contributed by atoms with Crippen molar-refractivity contribution in [3.05, 3.63) is 46.7 Å². The second kappa shape index (κ2) is 4.10. The van der Waals surface area contributed by atoms with Crippen LogP contribution in [-0.4, -0.2) is 9.97 Å². The Morgan fingerprint density at radius 3 is 2.61 bits per heavy atom. The standard InChI is InChI=1S/C14H11ClN2O/c1-8-9(2)16-14(17-13(8)15)12-7-10-5-3-4-6-11(10)18-12/h3-7H,1-2H3. The van der Waals surface area contributed by atoms with E-state index in [1.54, 1.807) is 0 Å². The van der Waals surface area contributed by atoms with E-state index >= 15 is 0 Å². The highest BCUT2D eigenvalue weighted by Gasteiger charge is 2.12. The van der Waals surface area contributed by atoms with Crippen molar-refractivity contribution in [2.45, 2.75) is 13.8 Å². The molecular formula is C14H11ClN2O. The first-order valence-corrected chi connectivity index (χ1v) is 6.02. The number of aromatic nitrogens is 2. The molecule has 0 amide bonds. The first-order chi connectivity index (χ1) is 8.65. The smallest absolute Gasteiger partial charge is 0.197 e. The van der Waals surface area contributed by atoms with E-state index in [4.69, 9.17) is 16.0 Å². The van der Waals surface area contributed by atoms with E-state index in [0.717, 1.165) is 22.2 Å². The van der Waals surface area contributed by atoms with Gasteiger partial charge in [0.05, 0.1) is 0 Å². The molecule has 4 heteroatoms. The topological polar surface area (TPSA) is 38.9 Å². The van der Waals surface area contributed by atoms with Crippen molar-refractivity contribution in [1.29, 1.82) is 0 Å². The molecule has 0 aliphatic heterocycles. The van der Waals surface area contributed by atoms with E-state index in [1.807, 2.05) is 44.2 Å². The molecule has 2 aromatic heterocycles. The van der Waals surface area contributed by atoms with Gasteiger partial charge in [0.2, 0.25) is 0 Å². The number of benzene rings is 1. The van der Waals surface area contributed by atoms with Crippen LogP contribution < -0.4 is 0 Å². The Hall–Kier alpha value is -1.87. The van der Waals surface area contributed by atoms with Gasteiger partial charge in [0.15, 0.2) is 11.6 Å². The van der Waals surface area contributed by atoms with Gasteiger partial charge in [0, 0.05) is 16.6 Å². The zero-order valence-corrected chi connectivity index (χ0v) is 10.8. The SMILES string of the molecule is Cc1nc(-c2cc3ccccc3o2)nc(Cl)c1C. The van der Waals surface area contributed by atoms with Gasteiger partial charge in [-0.15, -0.1) is 0 Å². The third-order valence-corrected chi connectivity index (χ3v) is 3.34. The summed E-state index contributed by atoms with van der Waals surface area (Å²) in [6, 6.07) is 9.74. The predicted molar refractivity (Wildman–Crippen MR) is 71.7 cm³/mol. The Labute approximate surface area is 109 Å². The van der Waals surface area contributed by atoms with Gasteiger partial charge in [-0.1, -0.05) is 29.8 Å². The van der Waals surface area contributed by atoms with Crippen LogP contribution in [0.3, 0.4) is 0 Å². The summed E-state index contributed by atoms with van der Waals surface area (Å²) in [7, 11) is 0. The zero-order chi connectivity index (χ0) is 12.7. The minimum absolute atomic E-state index is 0.470. The zero-order valence-electron chi connectivity index (χ0n) is 10.1. The molecule has 18 heavy (non-hydrogen) atoms. The number of nitrogens with zero attached hydrogens (tertiary/aromatic N) is 2. The lowest BCUT2D eigenvalue weighted by Gasteiger charge is -2.03. The Morgan fingerprint density at radius 1 is 1.11 bits per heavy atom. The summed E-state index contributed by atoms with van der Waals surface area (Å²) in [6.45, 7) is 3.81. The molecule has 0 aliphatic rings. The summed E-state index contributed by atoms with van der Waals surface area (Å²) in [5.41, 5.74) is 2.59. The van der Waals surface area contributed by atoms with Crippen molar-refractivity contribution in [1.82, 2.24) is 9.97 Å². The van der Waals surface area contributed by atoms with E-state index < -0.39 is 0 Å².